The van der Waals surface area contributed by atoms with Crippen LogP contribution in [0.4, 0.5) is 0 Å². The highest BCUT2D eigenvalue weighted by Gasteiger charge is 2.40. The van der Waals surface area contributed by atoms with Crippen molar-refractivity contribution in [2.75, 3.05) is 0 Å². The highest BCUT2D eigenvalue weighted by molar-refractivity contribution is 5.04. The summed E-state index contributed by atoms with van der Waals surface area (Å²) in [5, 5.41) is 7.66. The van der Waals surface area contributed by atoms with Crippen molar-refractivity contribution in [1.29, 1.82) is 0 Å². The van der Waals surface area contributed by atoms with E-state index in [1.165, 1.54) is 25.7 Å². The van der Waals surface area contributed by atoms with Crippen molar-refractivity contribution in [1.82, 2.24) is 10.5 Å². The fraction of sp³-hybridized carbons (Fsp3) is 0.750. The molecule has 82 valence electrons. The van der Waals surface area contributed by atoms with E-state index in [1.807, 2.05) is 13.0 Å². The molecule has 1 N–H and O–H groups in total. The Hall–Kier alpha value is -0.830. The zero-order chi connectivity index (χ0) is 10.3. The fourth-order valence-corrected chi connectivity index (χ4v) is 2.35. The van der Waals surface area contributed by atoms with Crippen molar-refractivity contribution < 1.29 is 4.52 Å². The molecule has 0 atom stereocenters. The van der Waals surface area contributed by atoms with Gasteiger partial charge in [0, 0.05) is 18.7 Å². The lowest BCUT2D eigenvalue weighted by atomic mass is 10.1. The molecular weight excluding hydrogens is 188 g/mol. The number of nitrogens with zero attached hydrogens (tertiary/aromatic N) is 1. The molecule has 0 unspecified atom stereocenters. The molecule has 1 aromatic heterocycles. The molecule has 2 saturated carbocycles. The van der Waals surface area contributed by atoms with Crippen molar-refractivity contribution >= 4 is 0 Å². The third kappa shape index (κ3) is 2.23. The first-order chi connectivity index (χ1) is 7.33. The van der Waals surface area contributed by atoms with E-state index in [0.717, 1.165) is 35.9 Å². The summed E-state index contributed by atoms with van der Waals surface area (Å²) in [6.07, 6.45) is 5.69. The van der Waals surface area contributed by atoms with Crippen LogP contribution in [0.25, 0.3) is 0 Å². The summed E-state index contributed by atoms with van der Waals surface area (Å²) >= 11 is 0. The zero-order valence-electron chi connectivity index (χ0n) is 9.20. The maximum atomic E-state index is 5.06. The predicted octanol–water partition coefficient (Wildman–Crippen LogP) is 2.26. The fourth-order valence-electron chi connectivity index (χ4n) is 2.35. The molecule has 3 heteroatoms. The number of rotatable bonds is 5. The highest BCUT2D eigenvalue weighted by atomic mass is 16.5. The Morgan fingerprint density at radius 3 is 2.53 bits per heavy atom. The Morgan fingerprint density at radius 1 is 1.40 bits per heavy atom. The Labute approximate surface area is 90.2 Å². The molecule has 3 rings (SSSR count). The molecule has 2 fully saturated rings. The average Bonchev–Trinajstić information content (AvgIpc) is 3.09. The minimum atomic E-state index is 0.752. The maximum Gasteiger partial charge on any atom is 0.133 e. The summed E-state index contributed by atoms with van der Waals surface area (Å²) in [5.41, 5.74) is 1.04. The Balaban J connectivity index is 1.55. The van der Waals surface area contributed by atoms with Gasteiger partial charge in [0.05, 0.1) is 5.69 Å². The second-order valence-corrected chi connectivity index (χ2v) is 5.01. The molecule has 3 nitrogen and oxygen atoms in total. The van der Waals surface area contributed by atoms with Gasteiger partial charge in [-0.2, -0.15) is 0 Å². The Morgan fingerprint density at radius 2 is 2.07 bits per heavy atom. The maximum absolute atomic E-state index is 5.06. The highest BCUT2D eigenvalue weighted by Crippen LogP contribution is 2.44. The smallest absolute Gasteiger partial charge is 0.133 e. The van der Waals surface area contributed by atoms with Crippen LogP contribution in [-0.2, 0) is 6.54 Å². The predicted molar refractivity (Wildman–Crippen MR) is 57.3 cm³/mol. The lowest BCUT2D eigenvalue weighted by molar-refractivity contribution is 0.374. The third-order valence-electron chi connectivity index (χ3n) is 3.46. The standard InChI is InChI=1S/C12H18N2O/c1-8-6-11(14-15-8)7-13-12(9-2-3-9)10-4-5-10/h6,9-10,12-13H,2-5,7H2,1H3. The third-order valence-corrected chi connectivity index (χ3v) is 3.46. The second kappa shape index (κ2) is 3.63. The monoisotopic (exact) mass is 206 g/mol. The summed E-state index contributed by atoms with van der Waals surface area (Å²) in [6.45, 7) is 2.81. The minimum Gasteiger partial charge on any atom is -0.361 e. The number of aromatic nitrogens is 1. The van der Waals surface area contributed by atoms with Crippen LogP contribution in [0.5, 0.6) is 0 Å². The molecule has 0 radical (unpaired) electrons. The van der Waals surface area contributed by atoms with Crippen LogP contribution in [-0.4, -0.2) is 11.2 Å². The number of hydrogen-bond donors (Lipinski definition) is 1. The normalized spacial score (nSPS) is 21.2. The van der Waals surface area contributed by atoms with E-state index >= 15 is 0 Å². The molecule has 0 aliphatic heterocycles. The summed E-state index contributed by atoms with van der Waals surface area (Å²) in [4.78, 5) is 0. The quantitative estimate of drug-likeness (QED) is 0.803. The van der Waals surface area contributed by atoms with Gasteiger partial charge in [0.25, 0.3) is 0 Å². The Bertz CT molecular complexity index is 327. The molecule has 0 saturated heterocycles. The van der Waals surface area contributed by atoms with Crippen LogP contribution in [0.15, 0.2) is 10.6 Å². The van der Waals surface area contributed by atoms with Gasteiger partial charge in [0.1, 0.15) is 5.76 Å². The van der Waals surface area contributed by atoms with Crippen LogP contribution in [0.2, 0.25) is 0 Å². The van der Waals surface area contributed by atoms with Gasteiger partial charge in [0.2, 0.25) is 0 Å². The lowest BCUT2D eigenvalue weighted by Crippen LogP contribution is -2.32. The van der Waals surface area contributed by atoms with E-state index < -0.39 is 0 Å². The molecule has 2 aliphatic rings. The summed E-state index contributed by atoms with van der Waals surface area (Å²) in [7, 11) is 0. The van der Waals surface area contributed by atoms with Gasteiger partial charge in [-0.25, -0.2) is 0 Å². The lowest BCUT2D eigenvalue weighted by Gasteiger charge is -2.16. The van der Waals surface area contributed by atoms with Gasteiger partial charge in [-0.05, 0) is 44.4 Å². The molecule has 1 heterocycles. The average molecular weight is 206 g/mol. The summed E-state index contributed by atoms with van der Waals surface area (Å²) in [6, 6.07) is 2.77. The van der Waals surface area contributed by atoms with Gasteiger partial charge in [-0.1, -0.05) is 5.16 Å². The minimum absolute atomic E-state index is 0.752. The van der Waals surface area contributed by atoms with Crippen molar-refractivity contribution in [3.8, 4) is 0 Å². The van der Waals surface area contributed by atoms with Gasteiger partial charge in [-0.3, -0.25) is 0 Å². The van der Waals surface area contributed by atoms with Crippen LogP contribution < -0.4 is 5.32 Å². The first-order valence-corrected chi connectivity index (χ1v) is 5.98. The van der Waals surface area contributed by atoms with E-state index in [-0.39, 0.29) is 0 Å². The first-order valence-electron chi connectivity index (χ1n) is 5.98. The van der Waals surface area contributed by atoms with Gasteiger partial charge < -0.3 is 9.84 Å². The zero-order valence-corrected chi connectivity index (χ0v) is 9.20. The molecule has 0 bridgehead atoms. The van der Waals surface area contributed by atoms with E-state index in [1.54, 1.807) is 0 Å². The molecular formula is C12H18N2O. The number of aryl methyl sites for hydroxylation is 1. The summed E-state index contributed by atoms with van der Waals surface area (Å²) < 4.78 is 5.06. The van der Waals surface area contributed by atoms with Crippen LogP contribution in [0.3, 0.4) is 0 Å². The SMILES string of the molecule is Cc1cc(CNC(C2CC2)C2CC2)no1. The van der Waals surface area contributed by atoms with Crippen molar-refractivity contribution in [2.24, 2.45) is 11.8 Å². The van der Waals surface area contributed by atoms with E-state index in [0.29, 0.717) is 0 Å². The topological polar surface area (TPSA) is 38.1 Å². The van der Waals surface area contributed by atoms with Gasteiger partial charge in [-0.15, -0.1) is 0 Å². The van der Waals surface area contributed by atoms with Crippen molar-refractivity contribution in [2.45, 2.75) is 45.2 Å². The van der Waals surface area contributed by atoms with Crippen molar-refractivity contribution in [3.05, 3.63) is 17.5 Å². The number of hydrogen-bond acceptors (Lipinski definition) is 3. The summed E-state index contributed by atoms with van der Waals surface area (Å²) in [5.74, 6) is 2.80. The molecule has 15 heavy (non-hydrogen) atoms. The van der Waals surface area contributed by atoms with Crippen LogP contribution in [0, 0.1) is 18.8 Å². The largest absolute Gasteiger partial charge is 0.361 e. The van der Waals surface area contributed by atoms with E-state index in [9.17, 15) is 0 Å². The van der Waals surface area contributed by atoms with Gasteiger partial charge >= 0.3 is 0 Å². The second-order valence-electron chi connectivity index (χ2n) is 5.01. The molecule has 0 aromatic carbocycles. The molecule has 0 spiro atoms. The van der Waals surface area contributed by atoms with E-state index in [4.69, 9.17) is 4.52 Å². The first kappa shape index (κ1) is 9.40. The van der Waals surface area contributed by atoms with E-state index in [2.05, 4.69) is 10.5 Å². The molecule has 1 aromatic rings. The van der Waals surface area contributed by atoms with Crippen LogP contribution >= 0.6 is 0 Å². The Kier molecular flexibility index (Phi) is 2.28. The van der Waals surface area contributed by atoms with Gasteiger partial charge in [0.15, 0.2) is 0 Å². The molecule has 0 amide bonds. The van der Waals surface area contributed by atoms with Crippen molar-refractivity contribution in [3.63, 3.8) is 0 Å². The number of nitrogens with one attached hydrogen (secondary N) is 1. The van der Waals surface area contributed by atoms with Crippen LogP contribution in [0.1, 0.15) is 37.1 Å². The molecule has 2 aliphatic carbocycles.